The van der Waals surface area contributed by atoms with Gasteiger partial charge in [-0.2, -0.15) is 0 Å². The molecule has 3 fully saturated rings. The lowest BCUT2D eigenvalue weighted by Crippen LogP contribution is -2.55. The Hall–Kier alpha value is -0.910. The summed E-state index contributed by atoms with van der Waals surface area (Å²) < 4.78 is 11.6. The van der Waals surface area contributed by atoms with Crippen LogP contribution in [-0.4, -0.2) is 60.0 Å². The normalized spacial score (nSPS) is 49.2. The van der Waals surface area contributed by atoms with Gasteiger partial charge in [-0.1, -0.05) is 25.5 Å². The summed E-state index contributed by atoms with van der Waals surface area (Å²) in [5, 5.41) is 11.4. The summed E-state index contributed by atoms with van der Waals surface area (Å²) in [7, 11) is 0. The van der Waals surface area contributed by atoms with Gasteiger partial charge in [0.1, 0.15) is 6.10 Å². The third-order valence-corrected chi connectivity index (χ3v) is 7.52. The SMILES string of the molecule is C[C@@H]1CN(C[C@H]2C(=O)O[C@@H]3CC4=CCC[C@@H](C)[C@@]4(C)[C@@H](O)[C@@H]32)C[C@H](C)O1. The van der Waals surface area contributed by atoms with E-state index >= 15 is 0 Å². The van der Waals surface area contributed by atoms with E-state index in [-0.39, 0.29) is 41.5 Å². The Bertz CT molecular complexity index is 595. The van der Waals surface area contributed by atoms with Crippen LogP contribution in [-0.2, 0) is 14.3 Å². The number of esters is 1. The third-order valence-electron chi connectivity index (χ3n) is 7.52. The number of morpholine rings is 1. The van der Waals surface area contributed by atoms with E-state index < -0.39 is 6.10 Å². The molecule has 2 aliphatic carbocycles. The van der Waals surface area contributed by atoms with Crippen LogP contribution in [0.3, 0.4) is 0 Å². The van der Waals surface area contributed by atoms with Gasteiger partial charge in [-0.25, -0.2) is 0 Å². The van der Waals surface area contributed by atoms with E-state index in [1.807, 2.05) is 0 Å². The summed E-state index contributed by atoms with van der Waals surface area (Å²) in [6, 6.07) is 0. The van der Waals surface area contributed by atoms with Crippen molar-refractivity contribution in [3.63, 3.8) is 0 Å². The first-order valence-corrected chi connectivity index (χ1v) is 10.3. The minimum Gasteiger partial charge on any atom is -0.461 e. The van der Waals surface area contributed by atoms with Crippen molar-refractivity contribution in [1.82, 2.24) is 4.90 Å². The van der Waals surface area contributed by atoms with Crippen LogP contribution in [0.25, 0.3) is 0 Å². The molecule has 2 aliphatic heterocycles. The zero-order valence-electron chi connectivity index (χ0n) is 16.5. The maximum Gasteiger partial charge on any atom is 0.311 e. The van der Waals surface area contributed by atoms with Gasteiger partial charge in [-0.3, -0.25) is 9.69 Å². The molecular weight excluding hydrogens is 330 g/mol. The number of hydrogen-bond acceptors (Lipinski definition) is 5. The molecule has 1 saturated carbocycles. The first kappa shape index (κ1) is 18.5. The molecule has 26 heavy (non-hydrogen) atoms. The molecule has 0 spiro atoms. The van der Waals surface area contributed by atoms with E-state index in [1.165, 1.54) is 5.57 Å². The highest BCUT2D eigenvalue weighted by atomic mass is 16.6. The summed E-state index contributed by atoms with van der Waals surface area (Å²) in [4.78, 5) is 15.0. The number of fused-ring (bicyclic) bond motifs is 2. The van der Waals surface area contributed by atoms with Crippen molar-refractivity contribution in [2.24, 2.45) is 23.2 Å². The molecule has 0 aromatic carbocycles. The van der Waals surface area contributed by atoms with Crippen molar-refractivity contribution in [3.05, 3.63) is 11.6 Å². The Kier molecular flexibility index (Phi) is 4.69. The van der Waals surface area contributed by atoms with Crippen LogP contribution in [0.15, 0.2) is 11.6 Å². The van der Waals surface area contributed by atoms with E-state index in [1.54, 1.807) is 0 Å². The fourth-order valence-corrected chi connectivity index (χ4v) is 5.99. The topological polar surface area (TPSA) is 59.0 Å². The molecule has 146 valence electrons. The first-order valence-electron chi connectivity index (χ1n) is 10.3. The molecule has 1 N–H and O–H groups in total. The predicted molar refractivity (Wildman–Crippen MR) is 98.5 cm³/mol. The van der Waals surface area contributed by atoms with Gasteiger partial charge >= 0.3 is 5.97 Å². The van der Waals surface area contributed by atoms with E-state index in [0.29, 0.717) is 12.5 Å². The summed E-state index contributed by atoms with van der Waals surface area (Å²) >= 11 is 0. The number of aliphatic hydroxyl groups is 1. The van der Waals surface area contributed by atoms with E-state index in [0.717, 1.165) is 32.4 Å². The molecule has 0 amide bonds. The van der Waals surface area contributed by atoms with Crippen molar-refractivity contribution in [2.75, 3.05) is 19.6 Å². The van der Waals surface area contributed by atoms with Gasteiger partial charge in [0.05, 0.1) is 24.2 Å². The Morgan fingerprint density at radius 3 is 2.65 bits per heavy atom. The lowest BCUT2D eigenvalue weighted by atomic mass is 9.55. The van der Waals surface area contributed by atoms with Crippen molar-refractivity contribution in [3.8, 4) is 0 Å². The number of hydrogen-bond donors (Lipinski definition) is 1. The summed E-state index contributed by atoms with van der Waals surface area (Å²) in [5.74, 6) is -0.0294. The number of nitrogens with zero attached hydrogens (tertiary/aromatic N) is 1. The fraction of sp³-hybridized carbons (Fsp3) is 0.857. The minimum atomic E-state index is -0.518. The summed E-state index contributed by atoms with van der Waals surface area (Å²) in [6.07, 6.45) is 4.91. The largest absolute Gasteiger partial charge is 0.461 e. The monoisotopic (exact) mass is 363 g/mol. The van der Waals surface area contributed by atoms with Crippen molar-refractivity contribution in [1.29, 1.82) is 0 Å². The second-order valence-electron chi connectivity index (χ2n) is 9.27. The van der Waals surface area contributed by atoms with E-state index in [2.05, 4.69) is 38.7 Å². The van der Waals surface area contributed by atoms with Gasteiger partial charge in [-0.05, 0) is 32.6 Å². The van der Waals surface area contributed by atoms with E-state index in [4.69, 9.17) is 9.47 Å². The van der Waals surface area contributed by atoms with Crippen molar-refractivity contribution in [2.45, 2.75) is 71.4 Å². The average Bonchev–Trinajstić information content (AvgIpc) is 2.85. The molecule has 0 unspecified atom stereocenters. The summed E-state index contributed by atoms with van der Waals surface area (Å²) in [5.41, 5.74) is 1.07. The third kappa shape index (κ3) is 2.83. The lowest BCUT2D eigenvalue weighted by Gasteiger charge is -2.52. The van der Waals surface area contributed by atoms with Gasteiger partial charge in [0.2, 0.25) is 0 Å². The fourth-order valence-electron chi connectivity index (χ4n) is 5.99. The lowest BCUT2D eigenvalue weighted by molar-refractivity contribution is -0.145. The van der Waals surface area contributed by atoms with Crippen LogP contribution < -0.4 is 0 Å². The highest BCUT2D eigenvalue weighted by Gasteiger charge is 2.59. The molecule has 0 aromatic rings. The van der Waals surface area contributed by atoms with Crippen LogP contribution in [0.5, 0.6) is 0 Å². The number of ether oxygens (including phenoxy) is 2. The standard InChI is InChI=1S/C21H33NO4/c1-12-6-5-7-15-8-17-18(19(23)21(12,15)4)16(20(24)26-17)11-22-9-13(2)25-14(3)10-22/h7,12-14,16-19,23H,5-6,8-11H2,1-4H3/t12-,13-,14+,16-,17-,18-,19+,21-/m1/s1. The molecular formula is C21H33NO4. The maximum atomic E-state index is 12.7. The van der Waals surface area contributed by atoms with Crippen LogP contribution in [0.4, 0.5) is 0 Å². The Labute approximate surface area is 156 Å². The minimum absolute atomic E-state index is 0.0985. The highest BCUT2D eigenvalue weighted by molar-refractivity contribution is 5.76. The molecule has 4 rings (SSSR count). The molecule has 2 saturated heterocycles. The summed E-state index contributed by atoms with van der Waals surface area (Å²) in [6.45, 7) is 10.9. The smallest absolute Gasteiger partial charge is 0.311 e. The Morgan fingerprint density at radius 2 is 1.96 bits per heavy atom. The van der Waals surface area contributed by atoms with Crippen LogP contribution >= 0.6 is 0 Å². The molecule has 2 heterocycles. The van der Waals surface area contributed by atoms with Gasteiger partial charge < -0.3 is 14.6 Å². The Balaban J connectivity index is 1.57. The van der Waals surface area contributed by atoms with Gasteiger partial charge in [0, 0.05) is 37.4 Å². The number of rotatable bonds is 2. The number of allylic oxidation sites excluding steroid dienone is 1. The van der Waals surface area contributed by atoms with Crippen molar-refractivity contribution < 1.29 is 19.4 Å². The van der Waals surface area contributed by atoms with Crippen LogP contribution in [0.1, 0.15) is 47.0 Å². The molecule has 4 aliphatic rings. The maximum absolute atomic E-state index is 12.7. The van der Waals surface area contributed by atoms with Crippen LogP contribution in [0, 0.1) is 23.2 Å². The molecule has 0 radical (unpaired) electrons. The zero-order chi connectivity index (χ0) is 18.6. The number of aliphatic hydroxyl groups excluding tert-OH is 1. The second-order valence-corrected chi connectivity index (χ2v) is 9.27. The molecule has 8 atom stereocenters. The molecule has 5 heteroatoms. The Morgan fingerprint density at radius 1 is 1.27 bits per heavy atom. The predicted octanol–water partition coefficient (Wildman–Crippen LogP) is 2.38. The van der Waals surface area contributed by atoms with Gasteiger partial charge in [0.25, 0.3) is 0 Å². The average molecular weight is 363 g/mol. The molecule has 5 nitrogen and oxygen atoms in total. The van der Waals surface area contributed by atoms with Gasteiger partial charge in [-0.15, -0.1) is 0 Å². The highest BCUT2D eigenvalue weighted by Crippen LogP contribution is 2.56. The second kappa shape index (κ2) is 6.61. The molecule has 0 aromatic heterocycles. The van der Waals surface area contributed by atoms with Gasteiger partial charge in [0.15, 0.2) is 0 Å². The number of carbonyl (C=O) groups excluding carboxylic acids is 1. The van der Waals surface area contributed by atoms with Crippen molar-refractivity contribution >= 4 is 5.97 Å². The number of carbonyl (C=O) groups is 1. The quantitative estimate of drug-likeness (QED) is 0.603. The van der Waals surface area contributed by atoms with Crippen LogP contribution in [0.2, 0.25) is 0 Å². The van der Waals surface area contributed by atoms with E-state index in [9.17, 15) is 9.90 Å². The molecule has 0 bridgehead atoms. The first-order chi connectivity index (χ1) is 12.3. The zero-order valence-corrected chi connectivity index (χ0v) is 16.5.